The molecule has 0 atom stereocenters. The van der Waals surface area contributed by atoms with Crippen LogP contribution in [0.3, 0.4) is 0 Å². The van der Waals surface area contributed by atoms with Gasteiger partial charge in [0.2, 0.25) is 0 Å². The van der Waals surface area contributed by atoms with Crippen molar-refractivity contribution in [1.29, 1.82) is 0 Å². The third kappa shape index (κ3) is 7.23. The minimum Gasteiger partial charge on any atom is -0.390 e. The van der Waals surface area contributed by atoms with Crippen molar-refractivity contribution in [2.75, 3.05) is 0 Å². The van der Waals surface area contributed by atoms with Crippen LogP contribution >= 0.6 is 0 Å². The van der Waals surface area contributed by atoms with Crippen molar-refractivity contribution in [2.24, 2.45) is 0 Å². The monoisotopic (exact) mass is 686 g/mol. The molecular formula is C44H32F2N4O2. The van der Waals surface area contributed by atoms with E-state index < -0.39 is 0 Å². The number of carbonyl (C=O) groups excluding carboxylic acids is 1. The van der Waals surface area contributed by atoms with Crippen LogP contribution in [0.4, 0.5) is 8.78 Å². The zero-order valence-electron chi connectivity index (χ0n) is 27.9. The topological polar surface area (TPSA) is 72.9 Å². The van der Waals surface area contributed by atoms with Crippen LogP contribution in [0.1, 0.15) is 16.2 Å². The standard InChI is InChI=1S/C22H17FN2O.C22H15FN2O/c2*23-21-9-5-4-8-20(21)22-14-18(15-26)24-25(22)19-12-10-17(11-13-19)16-6-2-1-3-7-16/h1-14,26H,15H2;1-15H. The fourth-order valence-corrected chi connectivity index (χ4v) is 5.93. The van der Waals surface area contributed by atoms with E-state index >= 15 is 0 Å². The van der Waals surface area contributed by atoms with E-state index in [0.717, 1.165) is 33.6 Å². The molecule has 8 rings (SSSR count). The molecule has 8 aromatic rings. The van der Waals surface area contributed by atoms with E-state index in [1.807, 2.05) is 97.1 Å². The molecule has 0 unspecified atom stereocenters. The third-order valence-corrected chi connectivity index (χ3v) is 8.51. The van der Waals surface area contributed by atoms with Crippen molar-refractivity contribution < 1.29 is 18.7 Å². The molecule has 0 fully saturated rings. The quantitative estimate of drug-likeness (QED) is 0.162. The zero-order chi connectivity index (χ0) is 35.9. The van der Waals surface area contributed by atoms with Crippen molar-refractivity contribution in [3.8, 4) is 56.1 Å². The Kier molecular flexibility index (Phi) is 9.99. The molecule has 254 valence electrons. The number of halogens is 2. The summed E-state index contributed by atoms with van der Waals surface area (Å²) in [6, 6.07) is 52.2. The Morgan fingerprint density at radius 2 is 0.904 bits per heavy atom. The maximum atomic E-state index is 14.3. The van der Waals surface area contributed by atoms with Gasteiger partial charge < -0.3 is 5.11 Å². The highest BCUT2D eigenvalue weighted by molar-refractivity contribution is 5.77. The Morgan fingerprint density at radius 1 is 0.500 bits per heavy atom. The average Bonchev–Trinajstić information content (AvgIpc) is 3.85. The SMILES string of the molecule is O=Cc1cc(-c2ccccc2F)n(-c2ccc(-c3ccccc3)cc2)n1.OCc1cc(-c2ccccc2F)n(-c2ccc(-c3ccccc3)cc2)n1. The summed E-state index contributed by atoms with van der Waals surface area (Å²) in [6.45, 7) is -0.198. The van der Waals surface area contributed by atoms with Gasteiger partial charge in [-0.2, -0.15) is 10.2 Å². The number of aliphatic hydroxyl groups is 1. The molecule has 0 radical (unpaired) electrons. The number of benzene rings is 6. The predicted octanol–water partition coefficient (Wildman–Crippen LogP) is 10.00. The highest BCUT2D eigenvalue weighted by Crippen LogP contribution is 2.29. The summed E-state index contributed by atoms with van der Waals surface area (Å²) in [5.74, 6) is -0.675. The fourth-order valence-electron chi connectivity index (χ4n) is 5.93. The smallest absolute Gasteiger partial charge is 0.170 e. The van der Waals surface area contributed by atoms with Crippen LogP contribution in [-0.2, 0) is 6.61 Å². The molecule has 0 aliphatic carbocycles. The molecule has 52 heavy (non-hydrogen) atoms. The van der Waals surface area contributed by atoms with E-state index in [1.165, 1.54) is 12.1 Å². The summed E-state index contributed by atoms with van der Waals surface area (Å²) in [5.41, 5.74) is 8.74. The van der Waals surface area contributed by atoms with Crippen LogP contribution in [0.15, 0.2) is 170 Å². The molecule has 0 aliphatic heterocycles. The summed E-state index contributed by atoms with van der Waals surface area (Å²) >= 11 is 0. The zero-order valence-corrected chi connectivity index (χ0v) is 27.9. The first-order chi connectivity index (χ1) is 25.5. The minimum atomic E-state index is -0.355. The second kappa shape index (κ2) is 15.4. The molecule has 0 amide bonds. The van der Waals surface area contributed by atoms with Crippen molar-refractivity contribution >= 4 is 6.29 Å². The molecule has 0 saturated heterocycles. The van der Waals surface area contributed by atoms with E-state index in [2.05, 4.69) is 22.3 Å². The maximum absolute atomic E-state index is 14.3. The highest BCUT2D eigenvalue weighted by atomic mass is 19.1. The molecule has 1 N–H and O–H groups in total. The van der Waals surface area contributed by atoms with Gasteiger partial charge in [0.05, 0.1) is 35.1 Å². The Balaban J connectivity index is 0.000000162. The number of rotatable bonds is 8. The lowest BCUT2D eigenvalue weighted by molar-refractivity contribution is 0.111. The summed E-state index contributed by atoms with van der Waals surface area (Å²) in [4.78, 5) is 11.2. The maximum Gasteiger partial charge on any atom is 0.170 e. The molecular weight excluding hydrogens is 655 g/mol. The van der Waals surface area contributed by atoms with Crippen molar-refractivity contribution in [1.82, 2.24) is 19.6 Å². The van der Waals surface area contributed by atoms with Gasteiger partial charge in [0.1, 0.15) is 17.3 Å². The molecule has 2 aromatic heterocycles. The molecule has 8 heteroatoms. The number of nitrogens with zero attached hydrogens (tertiary/aromatic N) is 4. The van der Waals surface area contributed by atoms with Crippen molar-refractivity contribution in [3.63, 3.8) is 0 Å². The van der Waals surface area contributed by atoms with Crippen LogP contribution in [0, 0.1) is 11.6 Å². The molecule has 6 nitrogen and oxygen atoms in total. The lowest BCUT2D eigenvalue weighted by atomic mass is 10.1. The fraction of sp³-hybridized carbons (Fsp3) is 0.0227. The number of carbonyl (C=O) groups is 1. The van der Waals surface area contributed by atoms with Crippen LogP contribution in [0.5, 0.6) is 0 Å². The van der Waals surface area contributed by atoms with Crippen LogP contribution in [0.2, 0.25) is 0 Å². The van der Waals surface area contributed by atoms with Gasteiger partial charge in [0.25, 0.3) is 0 Å². The van der Waals surface area contributed by atoms with Crippen molar-refractivity contribution in [3.05, 3.63) is 193 Å². The lowest BCUT2D eigenvalue weighted by Gasteiger charge is -2.09. The second-order valence-electron chi connectivity index (χ2n) is 11.9. The Hall–Kier alpha value is -6.77. The largest absolute Gasteiger partial charge is 0.390 e. The molecule has 0 saturated carbocycles. The predicted molar refractivity (Wildman–Crippen MR) is 200 cm³/mol. The van der Waals surface area contributed by atoms with Gasteiger partial charge in [-0.25, -0.2) is 18.1 Å². The van der Waals surface area contributed by atoms with Crippen molar-refractivity contribution in [2.45, 2.75) is 6.61 Å². The number of aromatic nitrogens is 4. The van der Waals surface area contributed by atoms with Gasteiger partial charge in [0.15, 0.2) is 6.29 Å². The first-order valence-corrected chi connectivity index (χ1v) is 16.6. The lowest BCUT2D eigenvalue weighted by Crippen LogP contribution is -2.00. The van der Waals surface area contributed by atoms with Gasteiger partial charge in [-0.05, 0) is 82.9 Å². The average molecular weight is 687 g/mol. The Labute approximate surface area is 299 Å². The van der Waals surface area contributed by atoms with Crippen LogP contribution < -0.4 is 0 Å². The molecule has 0 aliphatic rings. The number of aldehydes is 1. The summed E-state index contributed by atoms with van der Waals surface area (Å²) in [5, 5.41) is 18.2. The second-order valence-corrected chi connectivity index (χ2v) is 11.9. The van der Waals surface area contributed by atoms with E-state index in [0.29, 0.717) is 34.5 Å². The molecule has 0 spiro atoms. The highest BCUT2D eigenvalue weighted by Gasteiger charge is 2.16. The van der Waals surface area contributed by atoms with Gasteiger partial charge in [-0.15, -0.1) is 0 Å². The van der Waals surface area contributed by atoms with Gasteiger partial charge >= 0.3 is 0 Å². The summed E-state index contributed by atoms with van der Waals surface area (Å²) in [7, 11) is 0. The van der Waals surface area contributed by atoms with Gasteiger partial charge in [0, 0.05) is 11.1 Å². The minimum absolute atomic E-state index is 0.198. The third-order valence-electron chi connectivity index (χ3n) is 8.51. The molecule has 2 heterocycles. The molecule has 6 aromatic carbocycles. The van der Waals surface area contributed by atoms with E-state index in [1.54, 1.807) is 57.9 Å². The van der Waals surface area contributed by atoms with Crippen LogP contribution in [0.25, 0.3) is 56.1 Å². The Morgan fingerprint density at radius 3 is 1.35 bits per heavy atom. The summed E-state index contributed by atoms with van der Waals surface area (Å²) in [6.07, 6.45) is 0.666. The summed E-state index contributed by atoms with van der Waals surface area (Å²) < 4.78 is 31.8. The van der Waals surface area contributed by atoms with E-state index in [-0.39, 0.29) is 23.9 Å². The first kappa shape index (κ1) is 33.7. The number of hydrogen-bond acceptors (Lipinski definition) is 4. The first-order valence-electron chi connectivity index (χ1n) is 16.6. The van der Waals surface area contributed by atoms with Gasteiger partial charge in [-0.1, -0.05) is 109 Å². The molecule has 0 bridgehead atoms. The Bertz CT molecular complexity index is 2420. The van der Waals surface area contributed by atoms with E-state index in [4.69, 9.17) is 0 Å². The van der Waals surface area contributed by atoms with E-state index in [9.17, 15) is 18.7 Å². The van der Waals surface area contributed by atoms with Gasteiger partial charge in [-0.3, -0.25) is 4.79 Å². The number of aliphatic hydroxyl groups excluding tert-OH is 1. The normalized spacial score (nSPS) is 10.8. The number of hydrogen-bond donors (Lipinski definition) is 1. The van der Waals surface area contributed by atoms with Crippen LogP contribution in [-0.4, -0.2) is 31.0 Å².